The van der Waals surface area contributed by atoms with Crippen LogP contribution >= 0.6 is 0 Å². The highest BCUT2D eigenvalue weighted by atomic mass is 16.5. The molecule has 2 N–H and O–H groups in total. The normalized spacial score (nSPS) is 12.7. The number of allylic oxidation sites excluding steroid dienone is 2. The van der Waals surface area contributed by atoms with Gasteiger partial charge < -0.3 is 19.7 Å². The molecule has 0 saturated carbocycles. The lowest BCUT2D eigenvalue weighted by atomic mass is 9.91. The van der Waals surface area contributed by atoms with Crippen LogP contribution in [0.25, 0.3) is 0 Å². The first-order chi connectivity index (χ1) is 11.0. The third-order valence-electron chi connectivity index (χ3n) is 3.37. The Balaban J connectivity index is 2.50. The van der Waals surface area contributed by atoms with Gasteiger partial charge >= 0.3 is 0 Å². The number of phenols is 2. The Morgan fingerprint density at radius 3 is 2.57 bits per heavy atom. The summed E-state index contributed by atoms with van der Waals surface area (Å²) in [5, 5.41) is 18.6. The van der Waals surface area contributed by atoms with E-state index in [1.165, 1.54) is 12.1 Å². The second-order valence-electron chi connectivity index (χ2n) is 5.06. The fourth-order valence-corrected chi connectivity index (χ4v) is 2.13. The maximum absolute atomic E-state index is 11.9. The Hall–Kier alpha value is -2.47. The number of carbonyl (C=O) groups is 3. The minimum Gasteiger partial charge on any atom is -0.504 e. The molecular formula is C17H20O6. The van der Waals surface area contributed by atoms with Gasteiger partial charge in [0.1, 0.15) is 19.2 Å². The summed E-state index contributed by atoms with van der Waals surface area (Å²) in [6.07, 6.45) is 3.09. The van der Waals surface area contributed by atoms with Crippen molar-refractivity contribution in [2.24, 2.45) is 5.92 Å². The number of aldehydes is 2. The third kappa shape index (κ3) is 6.04. The van der Waals surface area contributed by atoms with Crippen molar-refractivity contribution >= 4 is 18.4 Å². The van der Waals surface area contributed by atoms with Crippen molar-refractivity contribution in [3.05, 3.63) is 35.4 Å². The highest BCUT2D eigenvalue weighted by Gasteiger charge is 2.17. The second kappa shape index (κ2) is 9.53. The number of benzene rings is 1. The van der Waals surface area contributed by atoms with E-state index in [-0.39, 0.29) is 43.3 Å². The third-order valence-corrected chi connectivity index (χ3v) is 3.37. The molecule has 1 atom stereocenters. The Morgan fingerprint density at radius 2 is 2.00 bits per heavy atom. The zero-order chi connectivity index (χ0) is 17.2. The highest BCUT2D eigenvalue weighted by Crippen LogP contribution is 2.25. The topological polar surface area (TPSA) is 101 Å². The maximum atomic E-state index is 11.9. The summed E-state index contributed by atoms with van der Waals surface area (Å²) in [6.45, 7) is 1.62. The minimum absolute atomic E-state index is 0.0536. The predicted octanol–water partition coefficient (Wildman–Crippen LogP) is 1.92. The summed E-state index contributed by atoms with van der Waals surface area (Å²) in [6, 6.07) is 4.25. The maximum Gasteiger partial charge on any atom is 0.159 e. The predicted molar refractivity (Wildman–Crippen MR) is 83.0 cm³/mol. The summed E-state index contributed by atoms with van der Waals surface area (Å²) in [7, 11) is 0. The molecule has 1 aromatic rings. The molecule has 6 heteroatoms. The summed E-state index contributed by atoms with van der Waals surface area (Å²) in [5.41, 5.74) is 1.04. The zero-order valence-electron chi connectivity index (χ0n) is 12.9. The first-order valence-electron chi connectivity index (χ1n) is 7.17. The van der Waals surface area contributed by atoms with Crippen molar-refractivity contribution in [1.29, 1.82) is 0 Å². The molecule has 1 unspecified atom stereocenters. The van der Waals surface area contributed by atoms with Crippen LogP contribution in [0.2, 0.25) is 0 Å². The van der Waals surface area contributed by atoms with E-state index in [4.69, 9.17) is 4.74 Å². The lowest BCUT2D eigenvalue weighted by molar-refractivity contribution is -0.124. The molecule has 0 fully saturated rings. The molecule has 0 aliphatic carbocycles. The smallest absolute Gasteiger partial charge is 0.159 e. The molecule has 0 bridgehead atoms. The number of carbonyl (C=O) groups excluding carboxylic acids is 3. The van der Waals surface area contributed by atoms with E-state index in [9.17, 15) is 24.6 Å². The van der Waals surface area contributed by atoms with Crippen LogP contribution in [0.4, 0.5) is 0 Å². The summed E-state index contributed by atoms with van der Waals surface area (Å²) in [4.78, 5) is 33.5. The molecule has 0 saturated heterocycles. The summed E-state index contributed by atoms with van der Waals surface area (Å²) >= 11 is 0. The number of Topliss-reactive ketones (excluding diaryl/α,β-unsaturated/α-hetero) is 1. The van der Waals surface area contributed by atoms with E-state index in [1.807, 2.05) is 0 Å². The second-order valence-corrected chi connectivity index (χ2v) is 5.06. The van der Waals surface area contributed by atoms with E-state index < -0.39 is 5.92 Å². The molecule has 0 aromatic heterocycles. The monoisotopic (exact) mass is 320 g/mol. The van der Waals surface area contributed by atoms with Crippen LogP contribution in [-0.2, 0) is 25.7 Å². The van der Waals surface area contributed by atoms with Gasteiger partial charge in [-0.2, -0.15) is 0 Å². The SMILES string of the molecule is C/C=C(/C=O)C(CC=O)CC(=O)COCc1ccc(O)c(O)c1. The summed E-state index contributed by atoms with van der Waals surface area (Å²) < 4.78 is 5.26. The van der Waals surface area contributed by atoms with E-state index in [2.05, 4.69) is 0 Å². The fraction of sp³-hybridized carbons (Fsp3) is 0.353. The van der Waals surface area contributed by atoms with Crippen LogP contribution in [0, 0.1) is 5.92 Å². The van der Waals surface area contributed by atoms with Crippen molar-refractivity contribution in [2.75, 3.05) is 6.61 Å². The molecule has 6 nitrogen and oxygen atoms in total. The Bertz CT molecular complexity index is 591. The van der Waals surface area contributed by atoms with Crippen LogP contribution < -0.4 is 0 Å². The van der Waals surface area contributed by atoms with Crippen molar-refractivity contribution in [3.8, 4) is 11.5 Å². The number of rotatable bonds is 10. The molecule has 1 rings (SSSR count). The average Bonchev–Trinajstić information content (AvgIpc) is 2.52. The number of hydrogen-bond donors (Lipinski definition) is 2. The van der Waals surface area contributed by atoms with Crippen molar-refractivity contribution in [3.63, 3.8) is 0 Å². The molecular weight excluding hydrogens is 300 g/mol. The van der Waals surface area contributed by atoms with Crippen LogP contribution in [-0.4, -0.2) is 35.2 Å². The van der Waals surface area contributed by atoms with E-state index in [0.717, 1.165) is 0 Å². The van der Waals surface area contributed by atoms with Crippen LogP contribution in [0.1, 0.15) is 25.3 Å². The lowest BCUT2D eigenvalue weighted by Crippen LogP contribution is -2.16. The van der Waals surface area contributed by atoms with Gasteiger partial charge in [-0.05, 0) is 30.2 Å². The number of aromatic hydroxyl groups is 2. The van der Waals surface area contributed by atoms with Crippen LogP contribution in [0.15, 0.2) is 29.8 Å². The van der Waals surface area contributed by atoms with Gasteiger partial charge in [0.05, 0.1) is 6.61 Å². The molecule has 0 aliphatic heterocycles. The Labute approximate surface area is 134 Å². The van der Waals surface area contributed by atoms with Gasteiger partial charge in [-0.25, -0.2) is 0 Å². The zero-order valence-corrected chi connectivity index (χ0v) is 12.9. The van der Waals surface area contributed by atoms with Gasteiger partial charge in [0, 0.05) is 18.8 Å². The van der Waals surface area contributed by atoms with Gasteiger partial charge in [0.25, 0.3) is 0 Å². The molecule has 124 valence electrons. The number of ether oxygens (including phenoxy) is 1. The fourth-order valence-electron chi connectivity index (χ4n) is 2.13. The molecule has 1 aromatic carbocycles. The first-order valence-corrected chi connectivity index (χ1v) is 7.17. The Morgan fingerprint density at radius 1 is 1.26 bits per heavy atom. The highest BCUT2D eigenvalue weighted by molar-refractivity contribution is 5.83. The van der Waals surface area contributed by atoms with Crippen LogP contribution in [0.3, 0.4) is 0 Å². The summed E-state index contributed by atoms with van der Waals surface area (Å²) in [5.74, 6) is -1.13. The average molecular weight is 320 g/mol. The van der Waals surface area contributed by atoms with Crippen molar-refractivity contribution in [1.82, 2.24) is 0 Å². The Kier molecular flexibility index (Phi) is 7.70. The van der Waals surface area contributed by atoms with E-state index in [0.29, 0.717) is 23.7 Å². The number of hydrogen-bond acceptors (Lipinski definition) is 6. The van der Waals surface area contributed by atoms with E-state index in [1.54, 1.807) is 19.1 Å². The van der Waals surface area contributed by atoms with Gasteiger partial charge in [-0.1, -0.05) is 12.1 Å². The van der Waals surface area contributed by atoms with Crippen molar-refractivity contribution < 1.29 is 29.3 Å². The molecule has 0 spiro atoms. The lowest BCUT2D eigenvalue weighted by Gasteiger charge is -2.13. The number of ketones is 1. The molecule has 0 heterocycles. The molecule has 23 heavy (non-hydrogen) atoms. The molecule has 0 radical (unpaired) electrons. The van der Waals surface area contributed by atoms with Crippen molar-refractivity contribution in [2.45, 2.75) is 26.4 Å². The van der Waals surface area contributed by atoms with Gasteiger partial charge in [0.2, 0.25) is 0 Å². The number of phenolic OH excluding ortho intramolecular Hbond substituents is 2. The quantitative estimate of drug-likeness (QED) is 0.388. The van der Waals surface area contributed by atoms with Crippen LogP contribution in [0.5, 0.6) is 11.5 Å². The molecule has 0 amide bonds. The van der Waals surface area contributed by atoms with Gasteiger partial charge in [0.15, 0.2) is 17.3 Å². The standard InChI is InChI=1S/C17H20O6/c1-2-13(9-19)14(5-6-18)8-15(20)11-23-10-12-3-4-16(21)17(22)7-12/h2-4,6-7,9,14,21-22H,5,8,10-11H2,1H3/b13-2-. The first kappa shape index (κ1) is 18.6. The molecule has 0 aliphatic rings. The van der Waals surface area contributed by atoms with Gasteiger partial charge in [-0.15, -0.1) is 0 Å². The van der Waals surface area contributed by atoms with E-state index >= 15 is 0 Å². The minimum atomic E-state index is -0.427. The van der Waals surface area contributed by atoms with Gasteiger partial charge in [-0.3, -0.25) is 9.59 Å². The largest absolute Gasteiger partial charge is 0.504 e.